The number of carbonyl (C=O) groups excluding carboxylic acids is 2. The van der Waals surface area contributed by atoms with E-state index in [1.165, 1.54) is 0 Å². The van der Waals surface area contributed by atoms with Gasteiger partial charge in [0.15, 0.2) is 0 Å². The summed E-state index contributed by atoms with van der Waals surface area (Å²) >= 11 is 0. The standard InChI is InChI=1S/C36H40N8O3/c1-4-41-19-20-43(24-31(41)45)36(2,3)21-26(22-37)35(46)42-18-8-9-27(23-42)44-30-16-17-39-34(38)32(30)33(40-44)25-12-14-29(15-13-25)47-28-10-6-5-7-11-28/h5-7,10-17,21,27H,4,8-9,18-20,23-24H2,1-3H3,(H2,38,39)/b26-21-/t27-/m1/s1. The summed E-state index contributed by atoms with van der Waals surface area (Å²) in [6.45, 7) is 9.03. The second kappa shape index (κ2) is 13.3. The first-order valence-electron chi connectivity index (χ1n) is 16.1. The number of hydrogen-bond acceptors (Lipinski definition) is 8. The number of amides is 2. The lowest BCUT2D eigenvalue weighted by Crippen LogP contribution is -2.56. The van der Waals surface area contributed by atoms with Crippen LogP contribution in [-0.4, -0.2) is 86.1 Å². The van der Waals surface area contributed by atoms with Gasteiger partial charge in [-0.15, -0.1) is 0 Å². The van der Waals surface area contributed by atoms with Gasteiger partial charge in [-0.1, -0.05) is 18.2 Å². The molecule has 0 saturated carbocycles. The van der Waals surface area contributed by atoms with Crippen LogP contribution in [0.4, 0.5) is 5.82 Å². The molecule has 11 nitrogen and oxygen atoms in total. The second-order valence-corrected chi connectivity index (χ2v) is 12.6. The maximum atomic E-state index is 13.8. The van der Waals surface area contributed by atoms with Crippen LogP contribution >= 0.6 is 0 Å². The Labute approximate surface area is 274 Å². The van der Waals surface area contributed by atoms with E-state index in [1.807, 2.05) is 95.9 Å². The normalized spacial score (nSPS) is 18.0. The molecule has 1 atom stereocenters. The molecule has 2 aromatic heterocycles. The molecule has 0 spiro atoms. The minimum absolute atomic E-state index is 0.0575. The average Bonchev–Trinajstić information content (AvgIpc) is 3.49. The van der Waals surface area contributed by atoms with Crippen LogP contribution in [0, 0.1) is 11.3 Å². The molecule has 2 aromatic carbocycles. The number of piperidine rings is 1. The Kier molecular flexibility index (Phi) is 8.96. The molecule has 2 aliphatic heterocycles. The monoisotopic (exact) mass is 632 g/mol. The van der Waals surface area contributed by atoms with E-state index in [0.717, 1.165) is 35.1 Å². The molecule has 0 radical (unpaired) electrons. The van der Waals surface area contributed by atoms with Crippen LogP contribution in [-0.2, 0) is 9.59 Å². The number of para-hydroxylation sites is 1. The number of hydrogen-bond donors (Lipinski definition) is 1. The van der Waals surface area contributed by atoms with E-state index in [4.69, 9.17) is 15.6 Å². The number of fused-ring (bicyclic) bond motifs is 1. The van der Waals surface area contributed by atoms with Crippen molar-refractivity contribution in [2.45, 2.75) is 45.2 Å². The lowest BCUT2D eigenvalue weighted by atomic mass is 9.96. The van der Waals surface area contributed by atoms with Crippen molar-refractivity contribution in [3.63, 3.8) is 0 Å². The zero-order valence-electron chi connectivity index (χ0n) is 27.1. The third-order valence-corrected chi connectivity index (χ3v) is 9.15. The van der Waals surface area contributed by atoms with Gasteiger partial charge >= 0.3 is 0 Å². The fourth-order valence-corrected chi connectivity index (χ4v) is 6.53. The highest BCUT2D eigenvalue weighted by Crippen LogP contribution is 2.36. The number of likely N-dealkylation sites (tertiary alicyclic amines) is 1. The predicted octanol–water partition coefficient (Wildman–Crippen LogP) is 5.03. The van der Waals surface area contributed by atoms with Gasteiger partial charge in [0.1, 0.15) is 34.7 Å². The maximum Gasteiger partial charge on any atom is 0.264 e. The van der Waals surface area contributed by atoms with E-state index in [1.54, 1.807) is 17.2 Å². The van der Waals surface area contributed by atoms with Crippen molar-refractivity contribution >= 4 is 28.5 Å². The van der Waals surface area contributed by atoms with Crippen molar-refractivity contribution in [1.82, 2.24) is 29.5 Å². The zero-order chi connectivity index (χ0) is 33.1. The highest BCUT2D eigenvalue weighted by atomic mass is 16.5. The van der Waals surface area contributed by atoms with Gasteiger partial charge < -0.3 is 20.3 Å². The summed E-state index contributed by atoms with van der Waals surface area (Å²) in [7, 11) is 0. The molecule has 2 saturated heterocycles. The van der Waals surface area contributed by atoms with Crippen LogP contribution in [0.5, 0.6) is 11.5 Å². The lowest BCUT2D eigenvalue weighted by molar-refractivity contribution is -0.137. The van der Waals surface area contributed by atoms with E-state index in [9.17, 15) is 14.9 Å². The summed E-state index contributed by atoms with van der Waals surface area (Å²) in [4.78, 5) is 36.3. The SMILES string of the molecule is CCN1CCN(C(C)(C)/C=C(/C#N)C(=O)N2CCC[C@@H](n3nc(-c4ccc(Oc5ccccc5)cc4)c4c(N)nccc43)C2)CC1=O. The number of nitrogens with two attached hydrogens (primary N) is 1. The summed E-state index contributed by atoms with van der Waals surface area (Å²) in [5.74, 6) is 1.59. The van der Waals surface area contributed by atoms with Crippen LogP contribution in [0.3, 0.4) is 0 Å². The predicted molar refractivity (Wildman–Crippen MR) is 180 cm³/mol. The number of carbonyl (C=O) groups is 2. The molecule has 6 rings (SSSR count). The number of nitrogens with zero attached hydrogens (tertiary/aromatic N) is 7. The van der Waals surface area contributed by atoms with E-state index in [0.29, 0.717) is 50.0 Å². The number of anilines is 1. The van der Waals surface area contributed by atoms with Gasteiger partial charge in [-0.3, -0.25) is 19.2 Å². The number of rotatable bonds is 8. The molecule has 4 heterocycles. The van der Waals surface area contributed by atoms with Gasteiger partial charge in [0.25, 0.3) is 5.91 Å². The van der Waals surface area contributed by atoms with E-state index in [2.05, 4.69) is 11.1 Å². The van der Waals surface area contributed by atoms with Crippen molar-refractivity contribution in [2.24, 2.45) is 0 Å². The first-order valence-corrected chi connectivity index (χ1v) is 16.1. The molecule has 0 unspecified atom stereocenters. The largest absolute Gasteiger partial charge is 0.457 e. The molecule has 4 aromatic rings. The molecule has 242 valence electrons. The van der Waals surface area contributed by atoms with Gasteiger partial charge in [-0.05, 0) is 82.2 Å². The topological polar surface area (TPSA) is 134 Å². The fraction of sp³-hybridized carbons (Fsp3) is 0.361. The maximum absolute atomic E-state index is 13.8. The third kappa shape index (κ3) is 6.55. The van der Waals surface area contributed by atoms with Crippen LogP contribution in [0.25, 0.3) is 22.2 Å². The quantitative estimate of drug-likeness (QED) is 0.211. The van der Waals surface area contributed by atoms with Gasteiger partial charge in [0.2, 0.25) is 5.91 Å². The highest BCUT2D eigenvalue weighted by molar-refractivity contribution is 6.00. The molecular weight excluding hydrogens is 592 g/mol. The van der Waals surface area contributed by atoms with Crippen molar-refractivity contribution in [3.8, 4) is 28.8 Å². The van der Waals surface area contributed by atoms with Gasteiger partial charge in [0, 0.05) is 50.0 Å². The van der Waals surface area contributed by atoms with E-state index >= 15 is 0 Å². The lowest BCUT2D eigenvalue weighted by Gasteiger charge is -2.42. The number of benzene rings is 2. The number of piperazine rings is 1. The van der Waals surface area contributed by atoms with Crippen LogP contribution in [0.15, 0.2) is 78.5 Å². The first kappa shape index (κ1) is 31.8. The number of ether oxygens (including phenoxy) is 1. The van der Waals surface area contributed by atoms with Crippen molar-refractivity contribution in [2.75, 3.05) is 45.0 Å². The molecule has 47 heavy (non-hydrogen) atoms. The summed E-state index contributed by atoms with van der Waals surface area (Å²) < 4.78 is 7.93. The number of aromatic nitrogens is 3. The third-order valence-electron chi connectivity index (χ3n) is 9.15. The molecule has 2 fully saturated rings. The van der Waals surface area contributed by atoms with Crippen LogP contribution < -0.4 is 10.5 Å². The molecule has 0 bridgehead atoms. The fourth-order valence-electron chi connectivity index (χ4n) is 6.53. The summed E-state index contributed by atoms with van der Waals surface area (Å²) in [5, 5.41) is 15.9. The molecule has 2 N–H and O–H groups in total. The van der Waals surface area contributed by atoms with Gasteiger partial charge in [-0.2, -0.15) is 10.4 Å². The van der Waals surface area contributed by atoms with Gasteiger partial charge in [-0.25, -0.2) is 4.98 Å². The Bertz CT molecular complexity index is 1840. The first-order chi connectivity index (χ1) is 22.7. The van der Waals surface area contributed by atoms with Crippen molar-refractivity contribution in [3.05, 3.63) is 78.5 Å². The minimum Gasteiger partial charge on any atom is -0.457 e. The van der Waals surface area contributed by atoms with Crippen molar-refractivity contribution in [1.29, 1.82) is 5.26 Å². The molecule has 2 aliphatic rings. The molecule has 0 aliphatic carbocycles. The Hall–Kier alpha value is -5.21. The molecular formula is C36H40N8O3. The number of likely N-dealkylation sites (N-methyl/N-ethyl adjacent to an activating group) is 1. The summed E-state index contributed by atoms with van der Waals surface area (Å²) in [6, 6.07) is 21.2. The van der Waals surface area contributed by atoms with E-state index in [-0.39, 0.29) is 30.0 Å². The van der Waals surface area contributed by atoms with Crippen LogP contribution in [0.1, 0.15) is 39.7 Å². The van der Waals surface area contributed by atoms with Crippen LogP contribution in [0.2, 0.25) is 0 Å². The number of nitrogen functional groups attached to an aromatic ring is 1. The Morgan fingerprint density at radius 2 is 1.83 bits per heavy atom. The Morgan fingerprint density at radius 1 is 1.09 bits per heavy atom. The second-order valence-electron chi connectivity index (χ2n) is 12.6. The van der Waals surface area contributed by atoms with E-state index < -0.39 is 5.54 Å². The average molecular weight is 633 g/mol. The number of nitriles is 1. The highest BCUT2D eigenvalue weighted by Gasteiger charge is 2.35. The Morgan fingerprint density at radius 3 is 2.53 bits per heavy atom. The zero-order valence-corrected chi connectivity index (χ0v) is 27.1. The Balaban J connectivity index is 1.24. The molecule has 11 heteroatoms. The summed E-state index contributed by atoms with van der Waals surface area (Å²) in [5.41, 5.74) is 8.27. The summed E-state index contributed by atoms with van der Waals surface area (Å²) in [6.07, 6.45) is 4.96. The van der Waals surface area contributed by atoms with Gasteiger partial charge in [0.05, 0.1) is 23.5 Å². The van der Waals surface area contributed by atoms with Crippen molar-refractivity contribution < 1.29 is 14.3 Å². The molecule has 2 amide bonds. The smallest absolute Gasteiger partial charge is 0.264 e. The number of pyridine rings is 1. The minimum atomic E-state index is -0.648.